The van der Waals surface area contributed by atoms with Crippen molar-refractivity contribution in [2.45, 2.75) is 33.0 Å². The number of urea groups is 1. The predicted molar refractivity (Wildman–Crippen MR) is 128 cm³/mol. The summed E-state index contributed by atoms with van der Waals surface area (Å²) in [7, 11) is 0. The first-order valence-electron chi connectivity index (χ1n) is 11.0. The van der Waals surface area contributed by atoms with Gasteiger partial charge in [-0.05, 0) is 48.7 Å². The number of benzene rings is 3. The number of para-hydroxylation sites is 1. The Hall–Kier alpha value is -3.79. The minimum atomic E-state index is -0.185. The largest absolute Gasteiger partial charge is 0.334 e. The highest BCUT2D eigenvalue weighted by Gasteiger charge is 2.32. The molecule has 2 heterocycles. The summed E-state index contributed by atoms with van der Waals surface area (Å²) in [5, 5.41) is 3.16. The van der Waals surface area contributed by atoms with Gasteiger partial charge in [-0.2, -0.15) is 0 Å². The summed E-state index contributed by atoms with van der Waals surface area (Å²) in [6.45, 7) is 5.20. The van der Waals surface area contributed by atoms with Crippen LogP contribution in [0.4, 0.5) is 4.79 Å². The van der Waals surface area contributed by atoms with E-state index in [0.29, 0.717) is 13.1 Å². The summed E-state index contributed by atoms with van der Waals surface area (Å²) in [5.41, 5.74) is 7.94. The Morgan fingerprint density at radius 1 is 0.906 bits per heavy atom. The Labute approximate surface area is 189 Å². The first kappa shape index (κ1) is 20.1. The van der Waals surface area contributed by atoms with Gasteiger partial charge < -0.3 is 14.8 Å². The van der Waals surface area contributed by atoms with Gasteiger partial charge in [0, 0.05) is 18.4 Å². The molecule has 1 N–H and O–H groups in total. The average molecular weight is 422 g/mol. The van der Waals surface area contributed by atoms with E-state index in [1.165, 1.54) is 11.1 Å². The van der Waals surface area contributed by atoms with Crippen molar-refractivity contribution in [2.75, 3.05) is 0 Å². The molecule has 0 saturated carbocycles. The van der Waals surface area contributed by atoms with E-state index in [2.05, 4.69) is 109 Å². The van der Waals surface area contributed by atoms with Crippen molar-refractivity contribution in [1.29, 1.82) is 0 Å². The van der Waals surface area contributed by atoms with Crippen LogP contribution in [0.25, 0.3) is 5.69 Å². The monoisotopic (exact) mass is 421 g/mol. The van der Waals surface area contributed by atoms with Gasteiger partial charge in [0.15, 0.2) is 0 Å². The fourth-order valence-electron chi connectivity index (χ4n) is 4.52. The van der Waals surface area contributed by atoms with Gasteiger partial charge in [0.05, 0.1) is 18.3 Å². The van der Waals surface area contributed by atoms with Gasteiger partial charge in [0.2, 0.25) is 0 Å². The second-order valence-corrected chi connectivity index (χ2v) is 8.52. The smallest absolute Gasteiger partial charge is 0.318 e. The lowest BCUT2D eigenvalue weighted by molar-refractivity contribution is 0.180. The highest BCUT2D eigenvalue weighted by molar-refractivity contribution is 5.76. The predicted octanol–water partition coefficient (Wildman–Crippen LogP) is 5.91. The number of nitrogens with zero attached hydrogens (tertiary/aromatic N) is 2. The molecule has 4 aromatic rings. The number of fused-ring (bicyclic) bond motifs is 3. The quantitative estimate of drug-likeness (QED) is 0.439. The van der Waals surface area contributed by atoms with Crippen LogP contribution in [0, 0.1) is 13.8 Å². The second-order valence-electron chi connectivity index (χ2n) is 8.52. The van der Waals surface area contributed by atoms with Gasteiger partial charge in [-0.25, -0.2) is 4.79 Å². The fraction of sp³-hybridized carbons (Fsp3) is 0.179. The molecule has 3 aromatic carbocycles. The Balaban J connectivity index is 1.55. The number of hydrogen-bond acceptors (Lipinski definition) is 1. The van der Waals surface area contributed by atoms with E-state index < -0.39 is 0 Å². The van der Waals surface area contributed by atoms with Crippen molar-refractivity contribution >= 4 is 6.03 Å². The molecule has 5 rings (SSSR count). The van der Waals surface area contributed by atoms with E-state index in [0.717, 1.165) is 28.1 Å². The number of amides is 2. The Morgan fingerprint density at radius 3 is 2.53 bits per heavy atom. The van der Waals surface area contributed by atoms with Crippen LogP contribution in [0.15, 0.2) is 91.1 Å². The van der Waals surface area contributed by atoms with E-state index >= 15 is 0 Å². The summed E-state index contributed by atoms with van der Waals surface area (Å²) in [6, 6.07) is 29.0. The lowest BCUT2D eigenvalue weighted by atomic mass is 10.00. The van der Waals surface area contributed by atoms with Crippen LogP contribution in [0.3, 0.4) is 0 Å². The molecule has 4 nitrogen and oxygen atoms in total. The van der Waals surface area contributed by atoms with Gasteiger partial charge in [0.1, 0.15) is 0 Å². The minimum Gasteiger partial charge on any atom is -0.334 e. The molecule has 1 atom stereocenters. The molecule has 0 bridgehead atoms. The van der Waals surface area contributed by atoms with Crippen molar-refractivity contribution in [3.05, 3.63) is 125 Å². The van der Waals surface area contributed by atoms with E-state index in [1.807, 2.05) is 11.0 Å². The third-order valence-electron chi connectivity index (χ3n) is 6.15. The SMILES string of the molecule is Cc1ccc(CNC(=O)N2Cc3ccccc3-n3cccc3[C@@H]2c2cccc(C)c2)cc1. The summed E-state index contributed by atoms with van der Waals surface area (Å²) < 4.78 is 2.22. The van der Waals surface area contributed by atoms with Crippen LogP contribution in [-0.2, 0) is 13.1 Å². The first-order chi connectivity index (χ1) is 15.6. The molecule has 0 spiro atoms. The zero-order chi connectivity index (χ0) is 22.1. The molecule has 1 aliphatic heterocycles. The number of carbonyl (C=O) groups is 1. The third-order valence-corrected chi connectivity index (χ3v) is 6.15. The Kier molecular flexibility index (Phi) is 5.28. The summed E-state index contributed by atoms with van der Waals surface area (Å²) in [5.74, 6) is 0. The second kappa shape index (κ2) is 8.39. The number of rotatable bonds is 3. The number of hydrogen-bond donors (Lipinski definition) is 1. The Bertz CT molecular complexity index is 1260. The van der Waals surface area contributed by atoms with Crippen LogP contribution in [-0.4, -0.2) is 15.5 Å². The molecule has 0 aliphatic carbocycles. The maximum absolute atomic E-state index is 13.6. The number of carbonyl (C=O) groups excluding carboxylic acids is 1. The van der Waals surface area contributed by atoms with Crippen molar-refractivity contribution in [2.24, 2.45) is 0 Å². The van der Waals surface area contributed by atoms with Crippen LogP contribution in [0.5, 0.6) is 0 Å². The van der Waals surface area contributed by atoms with Gasteiger partial charge in [-0.1, -0.05) is 77.9 Å². The number of aromatic nitrogens is 1. The third kappa shape index (κ3) is 3.80. The van der Waals surface area contributed by atoms with Gasteiger partial charge in [-0.3, -0.25) is 0 Å². The molecular weight excluding hydrogens is 394 g/mol. The van der Waals surface area contributed by atoms with Crippen molar-refractivity contribution in [3.63, 3.8) is 0 Å². The average Bonchev–Trinajstić information content (AvgIpc) is 3.22. The lowest BCUT2D eigenvalue weighted by Gasteiger charge is -2.31. The molecular formula is C28H27N3O. The lowest BCUT2D eigenvalue weighted by Crippen LogP contribution is -2.41. The molecule has 0 fully saturated rings. The van der Waals surface area contributed by atoms with Gasteiger partial charge in [-0.15, -0.1) is 0 Å². The summed E-state index contributed by atoms with van der Waals surface area (Å²) in [4.78, 5) is 15.6. The molecule has 0 radical (unpaired) electrons. The normalized spacial score (nSPS) is 14.9. The molecule has 1 aromatic heterocycles. The van der Waals surface area contributed by atoms with Crippen LogP contribution in [0.2, 0.25) is 0 Å². The number of nitrogens with one attached hydrogen (secondary N) is 1. The molecule has 1 aliphatic rings. The van der Waals surface area contributed by atoms with Crippen LogP contribution < -0.4 is 5.32 Å². The molecule has 4 heteroatoms. The van der Waals surface area contributed by atoms with Crippen molar-refractivity contribution < 1.29 is 4.79 Å². The number of aryl methyl sites for hydroxylation is 2. The highest BCUT2D eigenvalue weighted by Crippen LogP contribution is 2.36. The van der Waals surface area contributed by atoms with Gasteiger partial charge >= 0.3 is 6.03 Å². The van der Waals surface area contributed by atoms with Gasteiger partial charge in [0.25, 0.3) is 0 Å². The maximum Gasteiger partial charge on any atom is 0.318 e. The van der Waals surface area contributed by atoms with Crippen LogP contribution >= 0.6 is 0 Å². The summed E-state index contributed by atoms with van der Waals surface area (Å²) in [6.07, 6.45) is 2.09. The molecule has 2 amide bonds. The van der Waals surface area contributed by atoms with Crippen molar-refractivity contribution in [3.8, 4) is 5.69 Å². The van der Waals surface area contributed by atoms with E-state index in [1.54, 1.807) is 0 Å². The standard InChI is InChI=1S/C28H27N3O/c1-20-12-14-22(15-13-20)18-29-28(32)31-19-24-8-3-4-10-25(24)30-16-6-11-26(30)27(31)23-9-5-7-21(2)17-23/h3-17,27H,18-19H2,1-2H3,(H,29,32)/t27-/m0/s1. The van der Waals surface area contributed by atoms with Crippen LogP contribution in [0.1, 0.15) is 39.6 Å². The Morgan fingerprint density at radius 2 is 1.72 bits per heavy atom. The zero-order valence-corrected chi connectivity index (χ0v) is 18.5. The topological polar surface area (TPSA) is 37.3 Å². The molecule has 160 valence electrons. The summed E-state index contributed by atoms with van der Waals surface area (Å²) >= 11 is 0. The molecule has 0 saturated heterocycles. The van der Waals surface area contributed by atoms with E-state index in [4.69, 9.17) is 0 Å². The van der Waals surface area contributed by atoms with Crippen molar-refractivity contribution in [1.82, 2.24) is 14.8 Å². The first-order valence-corrected chi connectivity index (χ1v) is 11.0. The highest BCUT2D eigenvalue weighted by atomic mass is 16.2. The minimum absolute atomic E-state index is 0.0680. The van der Waals surface area contributed by atoms with E-state index in [9.17, 15) is 4.79 Å². The molecule has 0 unspecified atom stereocenters. The maximum atomic E-state index is 13.6. The zero-order valence-electron chi connectivity index (χ0n) is 18.5. The molecule has 32 heavy (non-hydrogen) atoms. The fourth-order valence-corrected chi connectivity index (χ4v) is 4.52. The van der Waals surface area contributed by atoms with E-state index in [-0.39, 0.29) is 12.1 Å².